The standard InChI is InChI=1S/C24H26F3NO/c1-2-3-13-4-6-16-14(10-13)5-7-19-18(16)9-8-17(23(19)27)15-11-20(25)22(24(28)29)21(26)12-15/h8-9,11-14,16H,2-7,10H2,1H3,(H2,28,29)/t13-,14+,16+/m1/s1. The molecule has 0 unspecified atom stereocenters. The van der Waals surface area contributed by atoms with Gasteiger partial charge in [-0.3, -0.25) is 4.79 Å². The van der Waals surface area contributed by atoms with Crippen molar-refractivity contribution in [3.63, 3.8) is 0 Å². The Morgan fingerprint density at radius 3 is 2.48 bits per heavy atom. The van der Waals surface area contributed by atoms with E-state index in [1.165, 1.54) is 25.7 Å². The van der Waals surface area contributed by atoms with Crippen LogP contribution < -0.4 is 5.73 Å². The lowest BCUT2D eigenvalue weighted by Crippen LogP contribution is -2.28. The van der Waals surface area contributed by atoms with Crippen LogP contribution in [0.5, 0.6) is 0 Å². The largest absolute Gasteiger partial charge is 0.365 e. The van der Waals surface area contributed by atoms with Crippen LogP contribution in [0.1, 0.15) is 72.9 Å². The van der Waals surface area contributed by atoms with Crippen molar-refractivity contribution in [3.8, 4) is 11.1 Å². The lowest BCUT2D eigenvalue weighted by atomic mass is 9.64. The Kier molecular flexibility index (Phi) is 5.41. The second kappa shape index (κ2) is 7.85. The number of carbonyl (C=O) groups is 1. The molecule has 2 nitrogen and oxygen atoms in total. The molecule has 2 aliphatic rings. The Morgan fingerprint density at radius 1 is 1.10 bits per heavy atom. The van der Waals surface area contributed by atoms with Crippen molar-refractivity contribution in [1.82, 2.24) is 0 Å². The van der Waals surface area contributed by atoms with Crippen LogP contribution in [0.2, 0.25) is 0 Å². The van der Waals surface area contributed by atoms with Gasteiger partial charge in [0.2, 0.25) is 0 Å². The van der Waals surface area contributed by atoms with Crippen LogP contribution in [0, 0.1) is 29.3 Å². The van der Waals surface area contributed by atoms with Crippen molar-refractivity contribution in [2.45, 2.75) is 57.8 Å². The van der Waals surface area contributed by atoms with E-state index in [-0.39, 0.29) is 11.1 Å². The second-order valence-electron chi connectivity index (χ2n) is 8.55. The van der Waals surface area contributed by atoms with Crippen LogP contribution >= 0.6 is 0 Å². The molecule has 3 atom stereocenters. The molecular weight excluding hydrogens is 375 g/mol. The number of fused-ring (bicyclic) bond motifs is 3. The molecule has 0 spiro atoms. The predicted molar refractivity (Wildman–Crippen MR) is 107 cm³/mol. The molecule has 2 N–H and O–H groups in total. The van der Waals surface area contributed by atoms with Gasteiger partial charge >= 0.3 is 0 Å². The van der Waals surface area contributed by atoms with Crippen LogP contribution in [0.15, 0.2) is 24.3 Å². The summed E-state index contributed by atoms with van der Waals surface area (Å²) in [5.74, 6) is -1.96. The number of primary amides is 1. The molecule has 0 radical (unpaired) electrons. The topological polar surface area (TPSA) is 43.1 Å². The summed E-state index contributed by atoms with van der Waals surface area (Å²) in [5.41, 5.74) is 6.22. The molecule has 0 bridgehead atoms. The van der Waals surface area contributed by atoms with E-state index in [0.717, 1.165) is 36.5 Å². The Balaban J connectivity index is 1.68. The third-order valence-electron chi connectivity index (χ3n) is 6.83. The van der Waals surface area contributed by atoms with Gasteiger partial charge in [-0.15, -0.1) is 0 Å². The third kappa shape index (κ3) is 3.56. The summed E-state index contributed by atoms with van der Waals surface area (Å²) >= 11 is 0. The molecule has 0 heterocycles. The molecule has 2 aromatic rings. The Bertz CT molecular complexity index is 932. The average molecular weight is 401 g/mol. The molecule has 5 heteroatoms. The van der Waals surface area contributed by atoms with Crippen molar-refractivity contribution >= 4 is 5.91 Å². The van der Waals surface area contributed by atoms with Crippen LogP contribution in [0.4, 0.5) is 13.2 Å². The SMILES string of the molecule is CCC[C@@H]1CC[C@@H]2c3ccc(-c4cc(F)c(C(N)=O)c(F)c4)c(F)c3CC[C@H]2C1. The fourth-order valence-electron chi connectivity index (χ4n) is 5.51. The molecule has 0 saturated heterocycles. The predicted octanol–water partition coefficient (Wildman–Crippen LogP) is 6.12. The quantitative estimate of drug-likeness (QED) is 0.659. The molecule has 2 aliphatic carbocycles. The molecule has 1 fully saturated rings. The maximum Gasteiger partial charge on any atom is 0.254 e. The summed E-state index contributed by atoms with van der Waals surface area (Å²) in [7, 11) is 0. The molecule has 1 saturated carbocycles. The van der Waals surface area contributed by atoms with Crippen molar-refractivity contribution in [2.75, 3.05) is 0 Å². The number of halogens is 3. The summed E-state index contributed by atoms with van der Waals surface area (Å²) < 4.78 is 43.7. The first-order valence-corrected chi connectivity index (χ1v) is 10.5. The summed E-state index contributed by atoms with van der Waals surface area (Å²) in [6.07, 6.45) is 7.56. The van der Waals surface area contributed by atoms with Crippen LogP contribution in [0.3, 0.4) is 0 Å². The van der Waals surface area contributed by atoms with E-state index in [0.29, 0.717) is 23.8 Å². The maximum atomic E-state index is 15.4. The van der Waals surface area contributed by atoms with Gasteiger partial charge in [0.15, 0.2) is 0 Å². The Morgan fingerprint density at radius 2 is 1.83 bits per heavy atom. The fourth-order valence-corrected chi connectivity index (χ4v) is 5.51. The van der Waals surface area contributed by atoms with Crippen LogP contribution in [-0.2, 0) is 6.42 Å². The highest BCUT2D eigenvalue weighted by Gasteiger charge is 2.36. The van der Waals surface area contributed by atoms with Gasteiger partial charge in [0.1, 0.15) is 23.0 Å². The zero-order valence-corrected chi connectivity index (χ0v) is 16.6. The van der Waals surface area contributed by atoms with E-state index in [2.05, 4.69) is 6.92 Å². The first-order chi connectivity index (χ1) is 13.9. The second-order valence-corrected chi connectivity index (χ2v) is 8.55. The first-order valence-electron chi connectivity index (χ1n) is 10.5. The number of amides is 1. The number of rotatable bonds is 4. The lowest BCUT2D eigenvalue weighted by Gasteiger charge is -2.41. The Hall–Kier alpha value is -2.30. The first kappa shape index (κ1) is 20.0. The van der Waals surface area contributed by atoms with E-state index in [1.54, 1.807) is 6.07 Å². The molecule has 2 aromatic carbocycles. The van der Waals surface area contributed by atoms with E-state index < -0.39 is 28.9 Å². The zero-order chi connectivity index (χ0) is 20.7. The van der Waals surface area contributed by atoms with Crippen molar-refractivity contribution in [2.24, 2.45) is 17.6 Å². The molecule has 29 heavy (non-hydrogen) atoms. The molecule has 0 aliphatic heterocycles. The molecule has 1 amide bonds. The van der Waals surface area contributed by atoms with Gasteiger partial charge in [0, 0.05) is 5.56 Å². The zero-order valence-electron chi connectivity index (χ0n) is 16.6. The minimum absolute atomic E-state index is 0.0825. The Labute approximate surface area is 169 Å². The van der Waals surface area contributed by atoms with E-state index >= 15 is 4.39 Å². The van der Waals surface area contributed by atoms with Gasteiger partial charge in [0.05, 0.1) is 0 Å². The number of nitrogens with two attached hydrogens (primary N) is 1. The van der Waals surface area contributed by atoms with Crippen molar-refractivity contribution < 1.29 is 18.0 Å². The third-order valence-corrected chi connectivity index (χ3v) is 6.83. The van der Waals surface area contributed by atoms with Crippen LogP contribution in [0.25, 0.3) is 11.1 Å². The number of hydrogen-bond donors (Lipinski definition) is 1. The molecule has 154 valence electrons. The summed E-state index contributed by atoms with van der Waals surface area (Å²) in [5, 5.41) is 0. The number of benzene rings is 2. The van der Waals surface area contributed by atoms with Crippen LogP contribution in [-0.4, -0.2) is 5.91 Å². The van der Waals surface area contributed by atoms with Gasteiger partial charge < -0.3 is 5.73 Å². The average Bonchev–Trinajstić information content (AvgIpc) is 2.67. The van der Waals surface area contributed by atoms with E-state index in [1.807, 2.05) is 6.07 Å². The maximum absolute atomic E-state index is 15.4. The lowest BCUT2D eigenvalue weighted by molar-refractivity contribution is 0.0992. The molecular formula is C24H26F3NO. The van der Waals surface area contributed by atoms with E-state index in [4.69, 9.17) is 5.73 Å². The minimum atomic E-state index is -1.18. The van der Waals surface area contributed by atoms with Gasteiger partial charge in [0.25, 0.3) is 5.91 Å². The van der Waals surface area contributed by atoms with Gasteiger partial charge in [-0.2, -0.15) is 0 Å². The van der Waals surface area contributed by atoms with Gasteiger partial charge in [-0.05, 0) is 78.7 Å². The summed E-state index contributed by atoms with van der Waals surface area (Å²) in [4.78, 5) is 11.2. The van der Waals surface area contributed by atoms with Gasteiger partial charge in [-0.25, -0.2) is 13.2 Å². The highest BCUT2D eigenvalue weighted by atomic mass is 19.1. The number of hydrogen-bond acceptors (Lipinski definition) is 1. The highest BCUT2D eigenvalue weighted by Crippen LogP contribution is 2.49. The van der Waals surface area contributed by atoms with Crippen molar-refractivity contribution in [3.05, 3.63) is 58.4 Å². The minimum Gasteiger partial charge on any atom is -0.365 e. The number of carbonyl (C=O) groups excluding carboxylic acids is 1. The fraction of sp³-hybridized carbons (Fsp3) is 0.458. The van der Waals surface area contributed by atoms with Crippen molar-refractivity contribution in [1.29, 1.82) is 0 Å². The highest BCUT2D eigenvalue weighted by molar-refractivity contribution is 5.94. The smallest absolute Gasteiger partial charge is 0.254 e. The molecule has 4 rings (SSSR count). The summed E-state index contributed by atoms with van der Waals surface area (Å²) in [6, 6.07) is 5.51. The van der Waals surface area contributed by atoms with Gasteiger partial charge in [-0.1, -0.05) is 31.9 Å². The normalized spacial score (nSPS) is 23.4. The molecule has 0 aromatic heterocycles. The summed E-state index contributed by atoms with van der Waals surface area (Å²) in [6.45, 7) is 2.22. The van der Waals surface area contributed by atoms with E-state index in [9.17, 15) is 13.6 Å². The monoisotopic (exact) mass is 401 g/mol.